The van der Waals surface area contributed by atoms with Crippen molar-refractivity contribution >= 4 is 17.7 Å². The molecule has 1 heterocycles. The second-order valence-corrected chi connectivity index (χ2v) is 9.04. The number of ether oxygens (including phenoxy) is 3. The molecule has 0 unspecified atom stereocenters. The first kappa shape index (κ1) is 24.0. The summed E-state index contributed by atoms with van der Waals surface area (Å²) in [6.45, 7) is 7.70. The fourth-order valence-corrected chi connectivity index (χ4v) is 3.23. The fourth-order valence-electron chi connectivity index (χ4n) is 3.07. The third-order valence-corrected chi connectivity index (χ3v) is 4.92. The van der Waals surface area contributed by atoms with E-state index in [0.717, 1.165) is 12.1 Å². The Kier molecular flexibility index (Phi) is 6.83. The van der Waals surface area contributed by atoms with E-state index in [1.54, 1.807) is 52.0 Å². The Labute approximate surface area is 190 Å². The maximum atomic E-state index is 13.0. The van der Waals surface area contributed by atoms with Gasteiger partial charge in [-0.05, 0) is 57.5 Å². The number of amides is 1. The number of nitrogens with zero attached hydrogens (tertiary/aromatic N) is 1. The topological polar surface area (TPSA) is 48.0 Å². The van der Waals surface area contributed by atoms with Crippen molar-refractivity contribution in [3.8, 4) is 11.5 Å². The van der Waals surface area contributed by atoms with Gasteiger partial charge in [-0.3, -0.25) is 0 Å². The van der Waals surface area contributed by atoms with Gasteiger partial charge in [0.25, 0.3) is 0 Å². The van der Waals surface area contributed by atoms with Crippen LogP contribution in [0, 0.1) is 0 Å². The second-order valence-electron chi connectivity index (χ2n) is 8.60. The van der Waals surface area contributed by atoms with Crippen molar-refractivity contribution in [3.05, 3.63) is 58.6 Å². The maximum absolute atomic E-state index is 13.0. The van der Waals surface area contributed by atoms with Gasteiger partial charge < -0.3 is 19.1 Å². The number of likely N-dealkylation sites (tertiary alicyclic amines) is 1. The van der Waals surface area contributed by atoms with E-state index in [1.807, 2.05) is 0 Å². The zero-order valence-electron chi connectivity index (χ0n) is 18.2. The van der Waals surface area contributed by atoms with Gasteiger partial charge in [-0.15, -0.1) is 0 Å². The van der Waals surface area contributed by atoms with Gasteiger partial charge in [0, 0.05) is 11.1 Å². The molecule has 5 nitrogen and oxygen atoms in total. The maximum Gasteiger partial charge on any atom is 0.416 e. The van der Waals surface area contributed by atoms with E-state index in [9.17, 15) is 18.0 Å². The third-order valence-electron chi connectivity index (χ3n) is 4.69. The molecule has 1 aliphatic rings. The SMILES string of the molecule is C[C@@H](Oc1ccc(Cl)cc1OC1CN(C(=O)OC(C)(C)C)C1)c1cccc(C(F)(F)F)c1. The van der Waals surface area contributed by atoms with Gasteiger partial charge in [0.15, 0.2) is 11.5 Å². The molecular formula is C23H25ClF3NO4. The summed E-state index contributed by atoms with van der Waals surface area (Å²) < 4.78 is 56.2. The summed E-state index contributed by atoms with van der Waals surface area (Å²) in [5.74, 6) is 0.695. The molecule has 1 atom stereocenters. The van der Waals surface area contributed by atoms with Crippen LogP contribution in [0.2, 0.25) is 5.02 Å². The molecule has 1 fully saturated rings. The van der Waals surface area contributed by atoms with Gasteiger partial charge in [-0.25, -0.2) is 4.79 Å². The number of halogens is 4. The van der Waals surface area contributed by atoms with Crippen LogP contribution in [0.25, 0.3) is 0 Å². The normalized spacial score (nSPS) is 15.7. The Balaban J connectivity index is 1.67. The standard InChI is InChI=1S/C23H25ClF3NO4/c1-14(15-6-5-7-16(10-15)23(25,26)27)30-19-9-8-17(24)11-20(19)31-18-12-28(13-18)21(29)32-22(2,3)4/h5-11,14,18H,12-13H2,1-4H3/t14-/m1/s1. The van der Waals surface area contributed by atoms with Crippen molar-refractivity contribution in [2.75, 3.05) is 13.1 Å². The summed E-state index contributed by atoms with van der Waals surface area (Å²) in [7, 11) is 0. The lowest BCUT2D eigenvalue weighted by Crippen LogP contribution is -2.57. The van der Waals surface area contributed by atoms with Crippen LogP contribution in [0.3, 0.4) is 0 Å². The molecule has 2 aromatic carbocycles. The highest BCUT2D eigenvalue weighted by atomic mass is 35.5. The summed E-state index contributed by atoms with van der Waals surface area (Å²) in [5, 5.41) is 0.419. The van der Waals surface area contributed by atoms with Crippen LogP contribution in [0.4, 0.5) is 18.0 Å². The average Bonchev–Trinajstić information content (AvgIpc) is 2.64. The number of hydrogen-bond acceptors (Lipinski definition) is 4. The molecule has 2 aromatic rings. The second kappa shape index (κ2) is 9.10. The Morgan fingerprint density at radius 2 is 1.78 bits per heavy atom. The van der Waals surface area contributed by atoms with Gasteiger partial charge in [0.05, 0.1) is 18.7 Å². The predicted molar refractivity (Wildman–Crippen MR) is 114 cm³/mol. The summed E-state index contributed by atoms with van der Waals surface area (Å²) in [6.07, 6.45) is -5.81. The van der Waals surface area contributed by atoms with Gasteiger partial charge >= 0.3 is 12.3 Å². The van der Waals surface area contributed by atoms with Gasteiger partial charge in [-0.1, -0.05) is 23.7 Å². The predicted octanol–water partition coefficient (Wildman–Crippen LogP) is 6.50. The van der Waals surface area contributed by atoms with Crippen molar-refractivity contribution in [3.63, 3.8) is 0 Å². The van der Waals surface area contributed by atoms with E-state index < -0.39 is 29.5 Å². The lowest BCUT2D eigenvalue weighted by molar-refractivity contribution is -0.137. The molecule has 0 aromatic heterocycles. The molecular weight excluding hydrogens is 447 g/mol. The first-order valence-corrected chi connectivity index (χ1v) is 10.5. The van der Waals surface area contributed by atoms with Crippen molar-refractivity contribution in [1.82, 2.24) is 4.90 Å². The largest absolute Gasteiger partial charge is 0.483 e. The summed E-state index contributed by atoms with van der Waals surface area (Å²) >= 11 is 6.09. The highest BCUT2D eigenvalue weighted by Crippen LogP contribution is 2.36. The van der Waals surface area contributed by atoms with Crippen LogP contribution in [0.5, 0.6) is 11.5 Å². The average molecular weight is 472 g/mol. The minimum Gasteiger partial charge on any atom is -0.483 e. The number of benzene rings is 2. The highest BCUT2D eigenvalue weighted by molar-refractivity contribution is 6.30. The van der Waals surface area contributed by atoms with E-state index in [-0.39, 0.29) is 6.10 Å². The van der Waals surface area contributed by atoms with Crippen LogP contribution in [-0.4, -0.2) is 35.8 Å². The van der Waals surface area contributed by atoms with Gasteiger partial charge in [-0.2, -0.15) is 13.2 Å². The Morgan fingerprint density at radius 1 is 1.09 bits per heavy atom. The van der Waals surface area contributed by atoms with Crippen molar-refractivity contribution in [1.29, 1.82) is 0 Å². The van der Waals surface area contributed by atoms with Crippen molar-refractivity contribution < 1.29 is 32.2 Å². The molecule has 1 amide bonds. The molecule has 1 saturated heterocycles. The Bertz CT molecular complexity index is 968. The quantitative estimate of drug-likeness (QED) is 0.499. The van der Waals surface area contributed by atoms with Crippen LogP contribution in [0.1, 0.15) is 44.9 Å². The molecule has 3 rings (SSSR count). The van der Waals surface area contributed by atoms with E-state index in [2.05, 4.69) is 0 Å². The van der Waals surface area contributed by atoms with Crippen LogP contribution < -0.4 is 9.47 Å². The van der Waals surface area contributed by atoms with E-state index in [1.165, 1.54) is 11.0 Å². The Morgan fingerprint density at radius 3 is 2.41 bits per heavy atom. The van der Waals surface area contributed by atoms with E-state index >= 15 is 0 Å². The Hall–Kier alpha value is -2.61. The third kappa shape index (κ3) is 6.22. The highest BCUT2D eigenvalue weighted by Gasteiger charge is 2.36. The van der Waals surface area contributed by atoms with Crippen LogP contribution in [-0.2, 0) is 10.9 Å². The number of alkyl halides is 3. The van der Waals surface area contributed by atoms with Gasteiger partial charge in [0.1, 0.15) is 17.8 Å². The molecule has 0 spiro atoms. The molecule has 0 aliphatic carbocycles. The molecule has 1 aliphatic heterocycles. The number of carbonyl (C=O) groups is 1. The number of hydrogen-bond donors (Lipinski definition) is 0. The lowest BCUT2D eigenvalue weighted by atomic mass is 10.1. The van der Waals surface area contributed by atoms with Gasteiger partial charge in [0.2, 0.25) is 0 Å². The monoisotopic (exact) mass is 471 g/mol. The minimum absolute atomic E-state index is 0.285. The molecule has 174 valence electrons. The molecule has 0 N–H and O–H groups in total. The zero-order chi connectivity index (χ0) is 23.7. The first-order chi connectivity index (χ1) is 14.8. The molecule has 0 radical (unpaired) electrons. The molecule has 0 saturated carbocycles. The number of rotatable bonds is 5. The molecule has 32 heavy (non-hydrogen) atoms. The summed E-state index contributed by atoms with van der Waals surface area (Å²) in [5.41, 5.74) is -0.952. The zero-order valence-corrected chi connectivity index (χ0v) is 19.0. The minimum atomic E-state index is -4.44. The van der Waals surface area contributed by atoms with Crippen molar-refractivity contribution in [2.45, 2.75) is 51.7 Å². The summed E-state index contributed by atoms with van der Waals surface area (Å²) in [6, 6.07) is 9.78. The molecule has 0 bridgehead atoms. The van der Waals surface area contributed by atoms with E-state index in [4.69, 9.17) is 25.8 Å². The number of carbonyl (C=O) groups excluding carboxylic acids is 1. The smallest absolute Gasteiger partial charge is 0.416 e. The van der Waals surface area contributed by atoms with Crippen LogP contribution >= 0.6 is 11.6 Å². The molecule has 9 heteroatoms. The van der Waals surface area contributed by atoms with Crippen molar-refractivity contribution in [2.24, 2.45) is 0 Å². The summed E-state index contributed by atoms with van der Waals surface area (Å²) in [4.78, 5) is 13.6. The van der Waals surface area contributed by atoms with E-state index in [0.29, 0.717) is 35.2 Å². The fraction of sp³-hybridized carbons (Fsp3) is 0.435. The lowest BCUT2D eigenvalue weighted by Gasteiger charge is -2.39. The van der Waals surface area contributed by atoms with Crippen LogP contribution in [0.15, 0.2) is 42.5 Å². The first-order valence-electron chi connectivity index (χ1n) is 10.1.